The van der Waals surface area contributed by atoms with Gasteiger partial charge in [-0.2, -0.15) is 4.39 Å². The molecule has 0 unspecified atom stereocenters. The molecule has 0 saturated heterocycles. The number of amides is 1. The van der Waals surface area contributed by atoms with Gasteiger partial charge in [0, 0.05) is 18.2 Å². The highest BCUT2D eigenvalue weighted by molar-refractivity contribution is 5.76. The third kappa shape index (κ3) is 3.79. The maximum absolute atomic E-state index is 13.2. The Bertz CT molecular complexity index is 905. The molecule has 1 heterocycles. The minimum Gasteiger partial charge on any atom is -0.496 e. The van der Waals surface area contributed by atoms with Gasteiger partial charge in [0.25, 0.3) is 5.56 Å². The van der Waals surface area contributed by atoms with Crippen LogP contribution in [0, 0.1) is 5.82 Å². The Kier molecular flexibility index (Phi) is 5.42. The first kappa shape index (κ1) is 18.0. The van der Waals surface area contributed by atoms with Crippen LogP contribution in [0.3, 0.4) is 0 Å². The molecular formula is C15H16FN3O6. The van der Waals surface area contributed by atoms with Gasteiger partial charge in [-0.1, -0.05) is 0 Å². The fraction of sp³-hybridized carbons (Fsp3) is 0.267. The number of hydrogen-bond donors (Lipinski definition) is 2. The summed E-state index contributed by atoms with van der Waals surface area (Å²) in [6.45, 7) is -0.0461. The molecule has 0 bridgehead atoms. The van der Waals surface area contributed by atoms with E-state index >= 15 is 0 Å². The van der Waals surface area contributed by atoms with Crippen molar-refractivity contribution >= 4 is 6.03 Å². The highest BCUT2D eigenvalue weighted by atomic mass is 19.1. The average molecular weight is 353 g/mol. The predicted octanol–water partition coefficient (Wildman–Crippen LogP) is 0.459. The van der Waals surface area contributed by atoms with Gasteiger partial charge in [0.1, 0.15) is 5.75 Å². The van der Waals surface area contributed by atoms with Crippen molar-refractivity contribution in [3.8, 4) is 17.2 Å². The highest BCUT2D eigenvalue weighted by Gasteiger charge is 2.15. The average Bonchev–Trinajstić information content (AvgIpc) is 2.61. The number of carbonyl (C=O) groups excluding carboxylic acids is 1. The van der Waals surface area contributed by atoms with Gasteiger partial charge in [-0.25, -0.2) is 14.2 Å². The fourth-order valence-electron chi connectivity index (χ4n) is 2.09. The molecule has 0 fully saturated rings. The zero-order chi connectivity index (χ0) is 18.6. The number of rotatable bonds is 5. The van der Waals surface area contributed by atoms with Crippen LogP contribution in [0.15, 0.2) is 27.9 Å². The molecule has 1 aromatic heterocycles. The molecule has 0 saturated carbocycles. The molecule has 1 amide bonds. The largest absolute Gasteiger partial charge is 0.496 e. The lowest BCUT2D eigenvalue weighted by atomic mass is 10.1. The molecule has 0 aliphatic carbocycles. The molecular weight excluding hydrogens is 337 g/mol. The second kappa shape index (κ2) is 7.51. The topological polar surface area (TPSA) is 112 Å². The number of aromatic nitrogens is 2. The number of nitrogens with zero attached hydrogens (tertiary/aromatic N) is 1. The summed E-state index contributed by atoms with van der Waals surface area (Å²) in [5, 5.41) is 2.43. The molecule has 134 valence electrons. The third-order valence-electron chi connectivity index (χ3n) is 3.33. The Morgan fingerprint density at radius 2 is 1.72 bits per heavy atom. The second-order valence-corrected chi connectivity index (χ2v) is 4.78. The standard InChI is InChI=1S/C15H16FN3O6/c1-23-10-5-12(25-3)11(24-2)4-8(10)6-17-14(21)19-7-9(16)13(20)18-15(19)22/h4-5,7H,6H2,1-3H3,(H,17,21)(H,18,20,22). The quantitative estimate of drug-likeness (QED) is 0.808. The number of aromatic amines is 1. The van der Waals surface area contributed by atoms with E-state index in [0.717, 1.165) is 0 Å². The minimum atomic E-state index is -1.25. The maximum atomic E-state index is 13.2. The Labute approximate surface area is 141 Å². The van der Waals surface area contributed by atoms with E-state index in [1.165, 1.54) is 21.3 Å². The lowest BCUT2D eigenvalue weighted by molar-refractivity contribution is 0.240. The summed E-state index contributed by atoms with van der Waals surface area (Å²) in [6, 6.07) is 2.25. The van der Waals surface area contributed by atoms with E-state index in [-0.39, 0.29) is 6.54 Å². The number of H-pyrrole nitrogens is 1. The summed E-state index contributed by atoms with van der Waals surface area (Å²) in [5.74, 6) is 0.0181. The molecule has 2 rings (SSSR count). The van der Waals surface area contributed by atoms with Crippen molar-refractivity contribution in [1.29, 1.82) is 0 Å². The van der Waals surface area contributed by atoms with Crippen molar-refractivity contribution < 1.29 is 23.4 Å². The van der Waals surface area contributed by atoms with Gasteiger partial charge in [0.05, 0.1) is 27.5 Å². The first-order valence-corrected chi connectivity index (χ1v) is 6.99. The van der Waals surface area contributed by atoms with E-state index in [0.29, 0.717) is 33.6 Å². The van der Waals surface area contributed by atoms with Crippen LogP contribution >= 0.6 is 0 Å². The molecule has 25 heavy (non-hydrogen) atoms. The first-order valence-electron chi connectivity index (χ1n) is 6.99. The monoisotopic (exact) mass is 353 g/mol. The summed E-state index contributed by atoms with van der Waals surface area (Å²) in [5.41, 5.74) is -1.72. The Hall–Kier alpha value is -3.30. The molecule has 0 radical (unpaired) electrons. The van der Waals surface area contributed by atoms with E-state index in [4.69, 9.17) is 14.2 Å². The zero-order valence-corrected chi connectivity index (χ0v) is 13.7. The van der Waals surface area contributed by atoms with Gasteiger partial charge < -0.3 is 19.5 Å². The molecule has 2 aromatic rings. The number of halogens is 1. The van der Waals surface area contributed by atoms with Crippen LogP contribution in [0.2, 0.25) is 0 Å². The number of carbonyl (C=O) groups is 1. The first-order chi connectivity index (χ1) is 11.9. The lowest BCUT2D eigenvalue weighted by Gasteiger charge is -2.14. The predicted molar refractivity (Wildman–Crippen MR) is 85.0 cm³/mol. The number of benzene rings is 1. The van der Waals surface area contributed by atoms with Gasteiger partial charge >= 0.3 is 11.7 Å². The van der Waals surface area contributed by atoms with E-state index in [1.807, 2.05) is 0 Å². The van der Waals surface area contributed by atoms with Crippen LogP contribution in [-0.4, -0.2) is 36.9 Å². The molecule has 0 spiro atoms. The van der Waals surface area contributed by atoms with Gasteiger partial charge in [-0.3, -0.25) is 9.78 Å². The minimum absolute atomic E-state index is 0.0461. The second-order valence-electron chi connectivity index (χ2n) is 4.78. The number of methoxy groups -OCH3 is 3. The zero-order valence-electron chi connectivity index (χ0n) is 13.7. The molecule has 9 nitrogen and oxygen atoms in total. The fourth-order valence-corrected chi connectivity index (χ4v) is 2.09. The molecule has 0 aliphatic rings. The smallest absolute Gasteiger partial charge is 0.336 e. The third-order valence-corrected chi connectivity index (χ3v) is 3.33. The normalized spacial score (nSPS) is 10.2. The van der Waals surface area contributed by atoms with E-state index in [2.05, 4.69) is 5.32 Å². The van der Waals surface area contributed by atoms with Crippen molar-refractivity contribution in [3.63, 3.8) is 0 Å². The summed E-state index contributed by atoms with van der Waals surface area (Å²) >= 11 is 0. The number of hydrogen-bond acceptors (Lipinski definition) is 6. The van der Waals surface area contributed by atoms with Crippen molar-refractivity contribution in [2.24, 2.45) is 0 Å². The SMILES string of the molecule is COc1cc(OC)c(OC)cc1CNC(=O)n1cc(F)c(=O)[nH]c1=O. The van der Waals surface area contributed by atoms with Gasteiger partial charge in [0.15, 0.2) is 11.5 Å². The Morgan fingerprint density at radius 1 is 1.12 bits per heavy atom. The van der Waals surface area contributed by atoms with Crippen molar-refractivity contribution in [2.45, 2.75) is 6.54 Å². The highest BCUT2D eigenvalue weighted by Crippen LogP contribution is 2.34. The summed E-state index contributed by atoms with van der Waals surface area (Å²) < 4.78 is 29.2. The van der Waals surface area contributed by atoms with Crippen LogP contribution in [0.4, 0.5) is 9.18 Å². The molecule has 10 heteroatoms. The van der Waals surface area contributed by atoms with Crippen LogP contribution < -0.4 is 30.8 Å². The lowest BCUT2D eigenvalue weighted by Crippen LogP contribution is -2.40. The van der Waals surface area contributed by atoms with Crippen molar-refractivity contribution in [3.05, 3.63) is 50.5 Å². The van der Waals surface area contributed by atoms with Crippen LogP contribution in [0.1, 0.15) is 5.56 Å². The molecule has 0 aliphatic heterocycles. The maximum Gasteiger partial charge on any atom is 0.336 e. The summed E-state index contributed by atoms with van der Waals surface area (Å²) in [7, 11) is 4.36. The van der Waals surface area contributed by atoms with Crippen molar-refractivity contribution in [2.75, 3.05) is 21.3 Å². The van der Waals surface area contributed by atoms with Crippen LogP contribution in [0.5, 0.6) is 17.2 Å². The van der Waals surface area contributed by atoms with Crippen LogP contribution in [0.25, 0.3) is 0 Å². The van der Waals surface area contributed by atoms with Crippen molar-refractivity contribution in [1.82, 2.24) is 14.9 Å². The Morgan fingerprint density at radius 3 is 2.32 bits per heavy atom. The Balaban J connectivity index is 2.26. The molecule has 1 aromatic carbocycles. The summed E-state index contributed by atoms with van der Waals surface area (Å²) in [6.07, 6.45) is 0.516. The van der Waals surface area contributed by atoms with E-state index in [9.17, 15) is 18.8 Å². The molecule has 2 N–H and O–H groups in total. The van der Waals surface area contributed by atoms with Crippen LogP contribution in [-0.2, 0) is 6.54 Å². The molecule has 0 atom stereocenters. The van der Waals surface area contributed by atoms with Gasteiger partial charge in [-0.15, -0.1) is 0 Å². The summed E-state index contributed by atoms with van der Waals surface area (Å²) in [4.78, 5) is 36.3. The van der Waals surface area contributed by atoms with Gasteiger partial charge in [-0.05, 0) is 6.07 Å². The number of ether oxygens (including phenoxy) is 3. The number of nitrogens with one attached hydrogen (secondary N) is 2. The van der Waals surface area contributed by atoms with E-state index < -0.39 is 23.1 Å². The van der Waals surface area contributed by atoms with Gasteiger partial charge in [0.2, 0.25) is 5.82 Å². The van der Waals surface area contributed by atoms with E-state index in [1.54, 1.807) is 17.1 Å².